The fraction of sp³-hybridized carbons (Fsp3) is 0.0833. The Morgan fingerprint density at radius 1 is 1.24 bits per heavy atom. The van der Waals surface area contributed by atoms with Gasteiger partial charge >= 0.3 is 0 Å². The Morgan fingerprint density at radius 3 is 2.65 bits per heavy atom. The second-order valence-electron chi connectivity index (χ2n) is 3.30. The zero-order chi connectivity index (χ0) is 12.3. The van der Waals surface area contributed by atoms with Gasteiger partial charge in [0.1, 0.15) is 18.6 Å². The first-order valence-corrected chi connectivity index (χ1v) is 7.21. The molecule has 0 saturated carbocycles. The largest absolute Gasteiger partial charge is 0.487 e. The maximum Gasteiger partial charge on any atom is 0.150 e. The van der Waals surface area contributed by atoms with Gasteiger partial charge in [0.25, 0.3) is 0 Å². The van der Waals surface area contributed by atoms with Gasteiger partial charge in [-0.25, -0.2) is 0 Å². The molecule has 0 spiro atoms. The lowest BCUT2D eigenvalue weighted by Gasteiger charge is -2.07. The Hall–Kier alpha value is -0.650. The molecule has 0 aliphatic heterocycles. The topological polar surface area (TPSA) is 26.3 Å². The molecule has 0 aliphatic rings. The maximum absolute atomic E-state index is 10.6. The number of carbonyl (C=O) groups excluding carboxylic acids is 1. The fourth-order valence-electron chi connectivity index (χ4n) is 1.29. The number of carbonyl (C=O) groups is 1. The molecule has 0 saturated heterocycles. The van der Waals surface area contributed by atoms with Crippen LogP contribution in [0, 0.1) is 0 Å². The van der Waals surface area contributed by atoms with Crippen LogP contribution in [-0.4, -0.2) is 6.29 Å². The van der Waals surface area contributed by atoms with Crippen molar-refractivity contribution >= 4 is 49.5 Å². The number of halogens is 2. The van der Waals surface area contributed by atoms with Gasteiger partial charge in [0.15, 0.2) is 0 Å². The van der Waals surface area contributed by atoms with Crippen LogP contribution in [0.25, 0.3) is 0 Å². The summed E-state index contributed by atoms with van der Waals surface area (Å²) in [6.07, 6.45) is 0.810. The van der Waals surface area contributed by atoms with Crippen LogP contribution in [0.2, 0.25) is 0 Å². The van der Waals surface area contributed by atoms with Crippen LogP contribution in [0.3, 0.4) is 0 Å². The van der Waals surface area contributed by atoms with Crippen LogP contribution in [0.1, 0.15) is 15.2 Å². The van der Waals surface area contributed by atoms with Crippen LogP contribution in [0.15, 0.2) is 38.6 Å². The molecule has 0 unspecified atom stereocenters. The monoisotopic (exact) mass is 374 g/mol. The van der Waals surface area contributed by atoms with Gasteiger partial charge in [-0.15, -0.1) is 11.3 Å². The minimum atomic E-state index is 0.523. The summed E-state index contributed by atoms with van der Waals surface area (Å²) in [5, 5.41) is 0. The van der Waals surface area contributed by atoms with Crippen molar-refractivity contribution in [3.05, 3.63) is 49.0 Å². The highest BCUT2D eigenvalue weighted by Crippen LogP contribution is 2.28. The minimum absolute atomic E-state index is 0.523. The third-order valence-electron chi connectivity index (χ3n) is 2.09. The molecule has 0 fully saturated rings. The molecule has 17 heavy (non-hydrogen) atoms. The number of benzene rings is 1. The van der Waals surface area contributed by atoms with Gasteiger partial charge in [-0.2, -0.15) is 0 Å². The molecule has 2 aromatic rings. The van der Waals surface area contributed by atoms with Gasteiger partial charge in [0, 0.05) is 10.4 Å². The molecular formula is C12H8Br2O2S. The second-order valence-corrected chi connectivity index (χ2v) is 6.70. The Kier molecular flexibility index (Phi) is 4.36. The standard InChI is InChI=1S/C12H8Br2O2S/c13-10-5-8(6-15)1-3-11(10)16-7-9-2-4-12(14)17-9/h1-6H,7H2. The summed E-state index contributed by atoms with van der Waals surface area (Å²) < 4.78 is 7.54. The number of thiophene rings is 1. The lowest BCUT2D eigenvalue weighted by molar-refractivity contribution is 0.112. The van der Waals surface area contributed by atoms with E-state index in [4.69, 9.17) is 4.74 Å². The highest BCUT2D eigenvalue weighted by molar-refractivity contribution is 9.11. The van der Waals surface area contributed by atoms with Gasteiger partial charge in [0.2, 0.25) is 0 Å². The summed E-state index contributed by atoms with van der Waals surface area (Å²) in [5.41, 5.74) is 0.628. The van der Waals surface area contributed by atoms with Crippen molar-refractivity contribution in [3.8, 4) is 5.75 Å². The minimum Gasteiger partial charge on any atom is -0.487 e. The number of hydrogen-bond donors (Lipinski definition) is 0. The van der Waals surface area contributed by atoms with Gasteiger partial charge in [-0.1, -0.05) is 0 Å². The summed E-state index contributed by atoms with van der Waals surface area (Å²) in [4.78, 5) is 11.7. The van der Waals surface area contributed by atoms with Crippen molar-refractivity contribution in [2.75, 3.05) is 0 Å². The van der Waals surface area contributed by atoms with Gasteiger partial charge in [0.05, 0.1) is 8.26 Å². The Labute approximate surface area is 120 Å². The highest BCUT2D eigenvalue weighted by Gasteiger charge is 2.04. The molecule has 0 aliphatic carbocycles. The average Bonchev–Trinajstić information content (AvgIpc) is 2.73. The Balaban J connectivity index is 2.06. The summed E-state index contributed by atoms with van der Waals surface area (Å²) in [6, 6.07) is 9.27. The SMILES string of the molecule is O=Cc1ccc(OCc2ccc(Br)s2)c(Br)c1. The zero-order valence-corrected chi connectivity index (χ0v) is 12.6. The summed E-state index contributed by atoms with van der Waals surface area (Å²) in [6.45, 7) is 0.523. The van der Waals surface area contributed by atoms with E-state index in [1.807, 2.05) is 12.1 Å². The van der Waals surface area contributed by atoms with E-state index in [-0.39, 0.29) is 0 Å². The molecule has 1 aromatic heterocycles. The molecule has 0 bridgehead atoms. The molecule has 0 radical (unpaired) electrons. The van der Waals surface area contributed by atoms with Crippen LogP contribution in [-0.2, 0) is 6.61 Å². The molecule has 0 N–H and O–H groups in total. The highest BCUT2D eigenvalue weighted by atomic mass is 79.9. The summed E-state index contributed by atoms with van der Waals surface area (Å²) in [5.74, 6) is 0.736. The predicted molar refractivity (Wildman–Crippen MR) is 75.9 cm³/mol. The molecule has 88 valence electrons. The molecule has 1 heterocycles. The Bertz CT molecular complexity index is 537. The first kappa shape index (κ1) is 12.8. The van der Waals surface area contributed by atoms with E-state index in [1.165, 1.54) is 0 Å². The smallest absolute Gasteiger partial charge is 0.150 e. The van der Waals surface area contributed by atoms with Gasteiger partial charge in [-0.05, 0) is 62.2 Å². The van der Waals surface area contributed by atoms with Crippen molar-refractivity contribution in [1.29, 1.82) is 0 Å². The van der Waals surface area contributed by atoms with Gasteiger partial charge in [-0.3, -0.25) is 4.79 Å². The van der Waals surface area contributed by atoms with Crippen LogP contribution < -0.4 is 4.74 Å². The first-order chi connectivity index (χ1) is 8.19. The van der Waals surface area contributed by atoms with E-state index in [0.717, 1.165) is 25.2 Å². The van der Waals surface area contributed by atoms with E-state index >= 15 is 0 Å². The molecule has 5 heteroatoms. The van der Waals surface area contributed by atoms with Crippen molar-refractivity contribution in [3.63, 3.8) is 0 Å². The van der Waals surface area contributed by atoms with Crippen molar-refractivity contribution in [1.82, 2.24) is 0 Å². The molecular weight excluding hydrogens is 368 g/mol. The number of hydrogen-bond acceptors (Lipinski definition) is 3. The Morgan fingerprint density at radius 2 is 2.06 bits per heavy atom. The molecule has 0 amide bonds. The molecule has 2 nitrogen and oxygen atoms in total. The first-order valence-electron chi connectivity index (χ1n) is 4.81. The van der Waals surface area contributed by atoms with Crippen LogP contribution >= 0.6 is 43.2 Å². The van der Waals surface area contributed by atoms with E-state index in [1.54, 1.807) is 29.5 Å². The average molecular weight is 376 g/mol. The van der Waals surface area contributed by atoms with E-state index in [9.17, 15) is 4.79 Å². The zero-order valence-electron chi connectivity index (χ0n) is 8.65. The van der Waals surface area contributed by atoms with Crippen LogP contribution in [0.5, 0.6) is 5.75 Å². The fourth-order valence-corrected chi connectivity index (χ4v) is 3.19. The predicted octanol–water partition coefficient (Wildman–Crippen LogP) is 4.66. The second kappa shape index (κ2) is 5.80. The van der Waals surface area contributed by atoms with Crippen molar-refractivity contribution < 1.29 is 9.53 Å². The van der Waals surface area contributed by atoms with Gasteiger partial charge < -0.3 is 4.74 Å². The maximum atomic E-state index is 10.6. The van der Waals surface area contributed by atoms with Crippen molar-refractivity contribution in [2.45, 2.75) is 6.61 Å². The number of rotatable bonds is 4. The normalized spacial score (nSPS) is 10.2. The summed E-state index contributed by atoms with van der Waals surface area (Å²) >= 11 is 8.42. The third-order valence-corrected chi connectivity index (χ3v) is 4.31. The molecule has 0 atom stereocenters. The number of ether oxygens (including phenoxy) is 1. The molecule has 1 aromatic carbocycles. The lowest BCUT2D eigenvalue weighted by Crippen LogP contribution is -1.94. The third kappa shape index (κ3) is 3.40. The van der Waals surface area contributed by atoms with Crippen molar-refractivity contribution in [2.24, 2.45) is 0 Å². The van der Waals surface area contributed by atoms with Crippen LogP contribution in [0.4, 0.5) is 0 Å². The van der Waals surface area contributed by atoms with E-state index in [0.29, 0.717) is 12.2 Å². The summed E-state index contributed by atoms with van der Waals surface area (Å²) in [7, 11) is 0. The lowest BCUT2D eigenvalue weighted by atomic mass is 10.2. The number of aldehydes is 1. The van der Waals surface area contributed by atoms with E-state index in [2.05, 4.69) is 31.9 Å². The van der Waals surface area contributed by atoms with E-state index < -0.39 is 0 Å². The quantitative estimate of drug-likeness (QED) is 0.726. The molecule has 2 rings (SSSR count).